The lowest BCUT2D eigenvalue weighted by Gasteiger charge is -2.51. The van der Waals surface area contributed by atoms with Gasteiger partial charge in [-0.05, 0) is 40.5 Å². The Kier molecular flexibility index (Phi) is 3.54. The van der Waals surface area contributed by atoms with Gasteiger partial charge in [0.1, 0.15) is 0 Å². The third-order valence-electron chi connectivity index (χ3n) is 3.97. The standard InChI is InChI=1S/C14H28N2O/c1-13(2)9-16(10-14(3,4)17-13)12-8-6-5-7-11(12)15/h11-12H,5-10,15H2,1-4H3. The van der Waals surface area contributed by atoms with Crippen molar-refractivity contribution in [3.8, 4) is 0 Å². The second-order valence-electron chi connectivity index (χ2n) is 7.04. The highest BCUT2D eigenvalue weighted by Gasteiger charge is 2.42. The first kappa shape index (κ1) is 13.3. The number of hydrogen-bond donors (Lipinski definition) is 1. The molecular formula is C14H28N2O. The number of rotatable bonds is 1. The van der Waals surface area contributed by atoms with Gasteiger partial charge in [0, 0.05) is 25.2 Å². The van der Waals surface area contributed by atoms with Crippen molar-refractivity contribution in [2.75, 3.05) is 13.1 Å². The van der Waals surface area contributed by atoms with Gasteiger partial charge in [-0.1, -0.05) is 12.8 Å². The lowest BCUT2D eigenvalue weighted by molar-refractivity contribution is -0.190. The van der Waals surface area contributed by atoms with Crippen LogP contribution in [0.5, 0.6) is 0 Å². The Morgan fingerprint density at radius 2 is 1.53 bits per heavy atom. The molecule has 3 heteroatoms. The monoisotopic (exact) mass is 240 g/mol. The normalized spacial score (nSPS) is 37.9. The molecule has 0 bridgehead atoms. The van der Waals surface area contributed by atoms with Crippen molar-refractivity contribution in [3.05, 3.63) is 0 Å². The molecule has 1 aliphatic heterocycles. The molecule has 2 atom stereocenters. The Bertz CT molecular complexity index is 259. The van der Waals surface area contributed by atoms with Crippen molar-refractivity contribution in [1.29, 1.82) is 0 Å². The smallest absolute Gasteiger partial charge is 0.0760 e. The van der Waals surface area contributed by atoms with Crippen LogP contribution >= 0.6 is 0 Å². The lowest BCUT2D eigenvalue weighted by Crippen LogP contribution is -2.63. The van der Waals surface area contributed by atoms with E-state index < -0.39 is 0 Å². The minimum Gasteiger partial charge on any atom is -0.367 e. The van der Waals surface area contributed by atoms with Crippen molar-refractivity contribution in [1.82, 2.24) is 4.90 Å². The Labute approximate surface area is 106 Å². The van der Waals surface area contributed by atoms with Gasteiger partial charge in [-0.3, -0.25) is 4.90 Å². The molecule has 1 saturated heterocycles. The van der Waals surface area contributed by atoms with Gasteiger partial charge in [0.2, 0.25) is 0 Å². The van der Waals surface area contributed by atoms with Gasteiger partial charge in [0.05, 0.1) is 11.2 Å². The first-order chi connectivity index (χ1) is 7.79. The first-order valence-corrected chi connectivity index (χ1v) is 6.99. The maximum Gasteiger partial charge on any atom is 0.0760 e. The van der Waals surface area contributed by atoms with E-state index in [1.54, 1.807) is 0 Å². The van der Waals surface area contributed by atoms with E-state index in [4.69, 9.17) is 10.5 Å². The second kappa shape index (κ2) is 4.52. The zero-order chi connectivity index (χ0) is 12.7. The summed E-state index contributed by atoms with van der Waals surface area (Å²) in [6.07, 6.45) is 5.07. The van der Waals surface area contributed by atoms with Crippen LogP contribution in [0.3, 0.4) is 0 Å². The van der Waals surface area contributed by atoms with E-state index in [0.717, 1.165) is 13.1 Å². The van der Waals surface area contributed by atoms with E-state index in [-0.39, 0.29) is 11.2 Å². The quantitative estimate of drug-likeness (QED) is 0.763. The van der Waals surface area contributed by atoms with Crippen LogP contribution in [0, 0.1) is 0 Å². The van der Waals surface area contributed by atoms with Crippen LogP contribution < -0.4 is 5.73 Å². The first-order valence-electron chi connectivity index (χ1n) is 6.99. The van der Waals surface area contributed by atoms with Gasteiger partial charge >= 0.3 is 0 Å². The maximum absolute atomic E-state index is 6.30. The Hall–Kier alpha value is -0.120. The number of hydrogen-bond acceptors (Lipinski definition) is 3. The number of nitrogens with zero attached hydrogens (tertiary/aromatic N) is 1. The average molecular weight is 240 g/mol. The van der Waals surface area contributed by atoms with Crippen LogP contribution in [0.1, 0.15) is 53.4 Å². The number of ether oxygens (including phenoxy) is 1. The molecule has 0 spiro atoms. The van der Waals surface area contributed by atoms with E-state index >= 15 is 0 Å². The van der Waals surface area contributed by atoms with Crippen LogP contribution in [0.15, 0.2) is 0 Å². The molecule has 2 unspecified atom stereocenters. The predicted octanol–water partition coefficient (Wildman–Crippen LogP) is 2.15. The fraction of sp³-hybridized carbons (Fsp3) is 1.00. The molecule has 2 aliphatic rings. The molecule has 3 nitrogen and oxygen atoms in total. The highest BCUT2D eigenvalue weighted by atomic mass is 16.5. The highest BCUT2D eigenvalue weighted by Crippen LogP contribution is 2.32. The third kappa shape index (κ3) is 3.21. The predicted molar refractivity (Wildman–Crippen MR) is 71.0 cm³/mol. The number of nitrogens with two attached hydrogens (primary N) is 1. The fourth-order valence-electron chi connectivity index (χ4n) is 3.67. The molecular weight excluding hydrogens is 212 g/mol. The Morgan fingerprint density at radius 3 is 2.06 bits per heavy atom. The average Bonchev–Trinajstić information content (AvgIpc) is 2.13. The highest BCUT2D eigenvalue weighted by molar-refractivity contribution is 4.95. The molecule has 100 valence electrons. The Morgan fingerprint density at radius 1 is 1.00 bits per heavy atom. The molecule has 0 aromatic heterocycles. The molecule has 0 aromatic rings. The summed E-state index contributed by atoms with van der Waals surface area (Å²) in [5.41, 5.74) is 6.19. The molecule has 0 amide bonds. The van der Waals surface area contributed by atoms with Crippen molar-refractivity contribution in [3.63, 3.8) is 0 Å². The largest absolute Gasteiger partial charge is 0.367 e. The van der Waals surface area contributed by atoms with E-state index in [1.165, 1.54) is 25.7 Å². The molecule has 17 heavy (non-hydrogen) atoms. The van der Waals surface area contributed by atoms with Gasteiger partial charge in [0.15, 0.2) is 0 Å². The van der Waals surface area contributed by atoms with Gasteiger partial charge in [0.25, 0.3) is 0 Å². The van der Waals surface area contributed by atoms with E-state index in [2.05, 4.69) is 32.6 Å². The lowest BCUT2D eigenvalue weighted by atomic mass is 9.87. The third-order valence-corrected chi connectivity index (χ3v) is 3.97. The molecule has 2 fully saturated rings. The van der Waals surface area contributed by atoms with Crippen LogP contribution in [-0.4, -0.2) is 41.3 Å². The topological polar surface area (TPSA) is 38.5 Å². The van der Waals surface area contributed by atoms with Gasteiger partial charge in [-0.15, -0.1) is 0 Å². The minimum absolute atomic E-state index is 0.0566. The summed E-state index contributed by atoms with van der Waals surface area (Å²) < 4.78 is 6.13. The van der Waals surface area contributed by atoms with Crippen LogP contribution in [-0.2, 0) is 4.74 Å². The summed E-state index contributed by atoms with van der Waals surface area (Å²) in [5, 5.41) is 0. The molecule has 2 N–H and O–H groups in total. The fourth-order valence-corrected chi connectivity index (χ4v) is 3.67. The van der Waals surface area contributed by atoms with Crippen LogP contribution in [0.25, 0.3) is 0 Å². The van der Waals surface area contributed by atoms with E-state index in [0.29, 0.717) is 12.1 Å². The molecule has 1 aliphatic carbocycles. The van der Waals surface area contributed by atoms with Crippen LogP contribution in [0.4, 0.5) is 0 Å². The molecule has 0 radical (unpaired) electrons. The summed E-state index contributed by atoms with van der Waals surface area (Å²) >= 11 is 0. The van der Waals surface area contributed by atoms with E-state index in [1.807, 2.05) is 0 Å². The SMILES string of the molecule is CC1(C)CN(C2CCCCC2N)CC(C)(C)O1. The maximum atomic E-state index is 6.30. The summed E-state index contributed by atoms with van der Waals surface area (Å²) in [5.74, 6) is 0. The van der Waals surface area contributed by atoms with Gasteiger partial charge in [-0.2, -0.15) is 0 Å². The summed E-state index contributed by atoms with van der Waals surface area (Å²) in [6, 6.07) is 0.916. The summed E-state index contributed by atoms with van der Waals surface area (Å²) in [6.45, 7) is 10.8. The number of morpholine rings is 1. The molecule has 1 saturated carbocycles. The van der Waals surface area contributed by atoms with Crippen molar-refractivity contribution >= 4 is 0 Å². The molecule has 2 rings (SSSR count). The zero-order valence-electron chi connectivity index (χ0n) is 11.8. The molecule has 0 aromatic carbocycles. The van der Waals surface area contributed by atoms with Gasteiger partial charge in [-0.25, -0.2) is 0 Å². The summed E-state index contributed by atoms with van der Waals surface area (Å²) in [7, 11) is 0. The minimum atomic E-state index is -0.0566. The van der Waals surface area contributed by atoms with Gasteiger partial charge < -0.3 is 10.5 Å². The van der Waals surface area contributed by atoms with Crippen molar-refractivity contribution in [2.45, 2.75) is 76.7 Å². The zero-order valence-corrected chi connectivity index (χ0v) is 11.8. The Balaban J connectivity index is 2.09. The van der Waals surface area contributed by atoms with Crippen molar-refractivity contribution in [2.24, 2.45) is 5.73 Å². The summed E-state index contributed by atoms with van der Waals surface area (Å²) in [4.78, 5) is 2.58. The van der Waals surface area contributed by atoms with E-state index in [9.17, 15) is 0 Å². The van der Waals surface area contributed by atoms with Crippen LogP contribution in [0.2, 0.25) is 0 Å². The molecule has 1 heterocycles. The van der Waals surface area contributed by atoms with Crippen molar-refractivity contribution < 1.29 is 4.74 Å². The second-order valence-corrected chi connectivity index (χ2v) is 7.04.